The number of hydrogen-bond donors (Lipinski definition) is 1. The number of pyridine rings is 1. The molecule has 1 N–H and O–H groups in total. The number of hydrogen-bond acceptors (Lipinski definition) is 2. The van der Waals surface area contributed by atoms with Crippen molar-refractivity contribution in [3.05, 3.63) is 42.1 Å². The van der Waals surface area contributed by atoms with Gasteiger partial charge in [-0.15, -0.1) is 0 Å². The molecule has 0 amide bonds. The van der Waals surface area contributed by atoms with Gasteiger partial charge in [0.25, 0.3) is 0 Å². The van der Waals surface area contributed by atoms with E-state index >= 15 is 0 Å². The third-order valence-electron chi connectivity index (χ3n) is 4.20. The molecular weight excluding hydrogens is 220 g/mol. The van der Waals surface area contributed by atoms with Crippen molar-refractivity contribution in [3.63, 3.8) is 0 Å². The van der Waals surface area contributed by atoms with E-state index < -0.39 is 0 Å². The van der Waals surface area contributed by atoms with Crippen molar-refractivity contribution in [1.29, 1.82) is 0 Å². The summed E-state index contributed by atoms with van der Waals surface area (Å²) in [7, 11) is 0. The van der Waals surface area contributed by atoms with Gasteiger partial charge in [-0.3, -0.25) is 4.98 Å². The zero-order valence-corrected chi connectivity index (χ0v) is 10.9. The molecule has 1 fully saturated rings. The van der Waals surface area contributed by atoms with E-state index in [0.29, 0.717) is 5.92 Å². The van der Waals surface area contributed by atoms with Crippen LogP contribution in [-0.2, 0) is 0 Å². The maximum atomic E-state index is 4.60. The lowest BCUT2D eigenvalue weighted by atomic mass is 9.79. The molecule has 3 rings (SSSR count). The number of nitrogens with one attached hydrogen (secondary N) is 1. The highest BCUT2D eigenvalue weighted by Crippen LogP contribution is 2.35. The van der Waals surface area contributed by atoms with Gasteiger partial charge in [0.15, 0.2) is 0 Å². The van der Waals surface area contributed by atoms with Crippen molar-refractivity contribution in [3.8, 4) is 0 Å². The fourth-order valence-corrected chi connectivity index (χ4v) is 3.19. The second-order valence-corrected chi connectivity index (χ2v) is 5.19. The van der Waals surface area contributed by atoms with Crippen LogP contribution in [-0.4, -0.2) is 18.1 Å². The maximum Gasteiger partial charge on any atom is 0.0736 e. The Morgan fingerprint density at radius 2 is 2.17 bits per heavy atom. The van der Waals surface area contributed by atoms with Crippen LogP contribution in [0.1, 0.15) is 31.2 Å². The second-order valence-electron chi connectivity index (χ2n) is 5.19. The maximum absolute atomic E-state index is 4.60. The van der Waals surface area contributed by atoms with Crippen LogP contribution in [0, 0.1) is 5.92 Å². The quantitative estimate of drug-likeness (QED) is 0.871. The molecule has 2 nitrogen and oxygen atoms in total. The van der Waals surface area contributed by atoms with Crippen LogP contribution in [0.4, 0.5) is 0 Å². The standard InChI is InChI=1S/C16H20N2/c1-2-12-11-17-10-8-14(12)15-7-3-5-13-6-4-9-18-16(13)15/h3-7,9,12,14,17H,2,8,10-11H2,1H3. The Hall–Kier alpha value is -1.41. The van der Waals surface area contributed by atoms with Gasteiger partial charge in [-0.1, -0.05) is 37.6 Å². The van der Waals surface area contributed by atoms with Crippen molar-refractivity contribution in [1.82, 2.24) is 10.3 Å². The van der Waals surface area contributed by atoms with E-state index in [1.165, 1.54) is 29.3 Å². The molecule has 2 atom stereocenters. The Morgan fingerprint density at radius 3 is 3.06 bits per heavy atom. The van der Waals surface area contributed by atoms with Gasteiger partial charge in [-0.25, -0.2) is 0 Å². The normalized spacial score (nSPS) is 24.3. The fourth-order valence-electron chi connectivity index (χ4n) is 3.19. The van der Waals surface area contributed by atoms with E-state index in [1.54, 1.807) is 0 Å². The Kier molecular flexibility index (Phi) is 3.28. The van der Waals surface area contributed by atoms with Crippen LogP contribution in [0.15, 0.2) is 36.5 Å². The molecular formula is C16H20N2. The summed E-state index contributed by atoms with van der Waals surface area (Å²) in [5.41, 5.74) is 2.65. The number of benzene rings is 1. The molecule has 0 bridgehead atoms. The Labute approximate surface area is 108 Å². The number of fused-ring (bicyclic) bond motifs is 1. The molecule has 94 valence electrons. The van der Waals surface area contributed by atoms with Crippen molar-refractivity contribution in [2.45, 2.75) is 25.7 Å². The van der Waals surface area contributed by atoms with Gasteiger partial charge in [0.1, 0.15) is 0 Å². The highest BCUT2D eigenvalue weighted by atomic mass is 14.9. The molecule has 1 aromatic heterocycles. The lowest BCUT2D eigenvalue weighted by molar-refractivity contribution is 0.319. The van der Waals surface area contributed by atoms with Crippen LogP contribution in [0.5, 0.6) is 0 Å². The fraction of sp³-hybridized carbons (Fsp3) is 0.438. The first kappa shape index (κ1) is 11.7. The Morgan fingerprint density at radius 1 is 1.28 bits per heavy atom. The molecule has 1 aliphatic rings. The zero-order chi connectivity index (χ0) is 12.4. The first-order chi connectivity index (χ1) is 8.90. The average Bonchev–Trinajstić information content (AvgIpc) is 2.46. The van der Waals surface area contributed by atoms with Crippen LogP contribution in [0.3, 0.4) is 0 Å². The molecule has 0 spiro atoms. The van der Waals surface area contributed by atoms with Crippen molar-refractivity contribution < 1.29 is 0 Å². The van der Waals surface area contributed by atoms with E-state index in [9.17, 15) is 0 Å². The number of piperidine rings is 1. The summed E-state index contributed by atoms with van der Waals surface area (Å²) < 4.78 is 0. The molecule has 0 radical (unpaired) electrons. The minimum absolute atomic E-state index is 0.662. The molecule has 2 aromatic rings. The topological polar surface area (TPSA) is 24.9 Å². The SMILES string of the molecule is CCC1CNCCC1c1cccc2cccnc12. The van der Waals surface area contributed by atoms with Gasteiger partial charge in [0.05, 0.1) is 5.52 Å². The molecule has 1 aliphatic heterocycles. The van der Waals surface area contributed by atoms with Gasteiger partial charge in [0, 0.05) is 11.6 Å². The molecule has 1 aromatic carbocycles. The second kappa shape index (κ2) is 5.07. The molecule has 18 heavy (non-hydrogen) atoms. The van der Waals surface area contributed by atoms with E-state index in [-0.39, 0.29) is 0 Å². The van der Waals surface area contributed by atoms with E-state index in [1.807, 2.05) is 12.3 Å². The summed E-state index contributed by atoms with van der Waals surface area (Å²) in [6.07, 6.45) is 4.38. The number of aromatic nitrogens is 1. The molecule has 1 saturated heterocycles. The molecule has 0 aliphatic carbocycles. The predicted molar refractivity (Wildman–Crippen MR) is 75.8 cm³/mol. The van der Waals surface area contributed by atoms with E-state index in [2.05, 4.69) is 41.5 Å². The minimum Gasteiger partial charge on any atom is -0.316 e. The third kappa shape index (κ3) is 2.01. The van der Waals surface area contributed by atoms with Crippen molar-refractivity contribution in [2.75, 3.05) is 13.1 Å². The summed E-state index contributed by atoms with van der Waals surface area (Å²) in [6, 6.07) is 10.8. The summed E-state index contributed by atoms with van der Waals surface area (Å²) in [5.74, 6) is 1.40. The lowest BCUT2D eigenvalue weighted by Crippen LogP contribution is -2.35. The molecule has 2 heteroatoms. The van der Waals surface area contributed by atoms with Crippen molar-refractivity contribution in [2.24, 2.45) is 5.92 Å². The zero-order valence-electron chi connectivity index (χ0n) is 10.9. The van der Waals surface area contributed by atoms with Gasteiger partial charge in [-0.05, 0) is 43.0 Å². The number of rotatable bonds is 2. The molecule has 2 unspecified atom stereocenters. The Bertz CT molecular complexity index is 530. The number of para-hydroxylation sites is 1. The van der Waals surface area contributed by atoms with Crippen LogP contribution in [0.2, 0.25) is 0 Å². The third-order valence-corrected chi connectivity index (χ3v) is 4.20. The summed E-state index contributed by atoms with van der Waals surface area (Å²) >= 11 is 0. The predicted octanol–water partition coefficient (Wildman–Crippen LogP) is 3.34. The smallest absolute Gasteiger partial charge is 0.0736 e. The Balaban J connectivity index is 2.07. The van der Waals surface area contributed by atoms with Gasteiger partial charge in [-0.2, -0.15) is 0 Å². The van der Waals surface area contributed by atoms with Crippen molar-refractivity contribution >= 4 is 10.9 Å². The van der Waals surface area contributed by atoms with Crippen LogP contribution >= 0.6 is 0 Å². The summed E-state index contributed by atoms with van der Waals surface area (Å²) in [5, 5.41) is 4.78. The molecule has 2 heterocycles. The summed E-state index contributed by atoms with van der Waals surface area (Å²) in [4.78, 5) is 4.60. The average molecular weight is 240 g/mol. The largest absolute Gasteiger partial charge is 0.316 e. The first-order valence-corrected chi connectivity index (χ1v) is 6.94. The summed E-state index contributed by atoms with van der Waals surface area (Å²) in [6.45, 7) is 4.57. The van der Waals surface area contributed by atoms with Crippen LogP contribution < -0.4 is 5.32 Å². The first-order valence-electron chi connectivity index (χ1n) is 6.94. The molecule has 0 saturated carbocycles. The van der Waals surface area contributed by atoms with Gasteiger partial charge < -0.3 is 5.32 Å². The highest BCUT2D eigenvalue weighted by Gasteiger charge is 2.26. The van der Waals surface area contributed by atoms with Gasteiger partial charge in [0.2, 0.25) is 0 Å². The van der Waals surface area contributed by atoms with Crippen LogP contribution in [0.25, 0.3) is 10.9 Å². The van der Waals surface area contributed by atoms with Gasteiger partial charge >= 0.3 is 0 Å². The lowest BCUT2D eigenvalue weighted by Gasteiger charge is -2.32. The minimum atomic E-state index is 0.662. The monoisotopic (exact) mass is 240 g/mol. The van der Waals surface area contributed by atoms with E-state index in [4.69, 9.17) is 0 Å². The highest BCUT2D eigenvalue weighted by molar-refractivity contribution is 5.82. The number of nitrogens with zero attached hydrogens (tertiary/aromatic N) is 1. The van der Waals surface area contributed by atoms with E-state index in [0.717, 1.165) is 19.0 Å².